The van der Waals surface area contributed by atoms with E-state index in [-0.39, 0.29) is 9.04 Å². The molecule has 0 N–H and O–H groups in total. The summed E-state index contributed by atoms with van der Waals surface area (Å²) in [5, 5.41) is 0. The second-order valence-electron chi connectivity index (χ2n) is 11.7. The smallest absolute Gasteiger partial charge is 0.0782 e. The molecule has 0 aromatic rings. The Morgan fingerprint density at radius 1 is 0.469 bits per heavy atom. The summed E-state index contributed by atoms with van der Waals surface area (Å²) < 4.78 is 1.27. The lowest BCUT2D eigenvalue weighted by molar-refractivity contribution is -0.890. The summed E-state index contributed by atoms with van der Waals surface area (Å²) >= 11 is 0. The maximum atomic E-state index is 2.49. The Morgan fingerprint density at radius 2 is 0.812 bits per heavy atom. The van der Waals surface area contributed by atoms with Crippen LogP contribution < -0.4 is 0 Å². The zero-order chi connectivity index (χ0) is 24.0. The number of nitrogens with zero attached hydrogens (tertiary/aromatic N) is 1. The van der Waals surface area contributed by atoms with Gasteiger partial charge in [-0.15, -0.1) is 0 Å². The van der Waals surface area contributed by atoms with Gasteiger partial charge in [-0.05, 0) is 19.3 Å². The van der Waals surface area contributed by atoms with Crippen molar-refractivity contribution in [2.75, 3.05) is 27.2 Å². The van der Waals surface area contributed by atoms with Crippen LogP contribution in [0, 0.1) is 0 Å². The van der Waals surface area contributed by atoms with Gasteiger partial charge in [-0.3, -0.25) is 0 Å². The van der Waals surface area contributed by atoms with Crippen LogP contribution in [0.3, 0.4) is 0 Å². The third-order valence-corrected chi connectivity index (χ3v) is 23.7. The van der Waals surface area contributed by atoms with Crippen LogP contribution in [0.5, 0.6) is 0 Å². The SMILES string of the molecule is CCCCCCCCCCCCCCCCCC[N+](C)(C)CCC[SiH2][Si](CC)(CC)CC. The predicted molar refractivity (Wildman–Crippen MR) is 157 cm³/mol. The van der Waals surface area contributed by atoms with Gasteiger partial charge < -0.3 is 4.48 Å². The number of rotatable bonds is 25. The van der Waals surface area contributed by atoms with E-state index < -0.39 is 7.59 Å². The molecule has 0 aliphatic carbocycles. The lowest BCUT2D eigenvalue weighted by atomic mass is 10.0. The van der Waals surface area contributed by atoms with E-state index in [1.807, 2.05) is 0 Å². The minimum atomic E-state index is -0.747. The fourth-order valence-corrected chi connectivity index (χ4v) is 15.5. The molecule has 0 aromatic heterocycles. The summed E-state index contributed by atoms with van der Waals surface area (Å²) in [6, 6.07) is 6.30. The summed E-state index contributed by atoms with van der Waals surface area (Å²) in [4.78, 5) is 0. The first-order chi connectivity index (χ1) is 15.4. The van der Waals surface area contributed by atoms with Crippen LogP contribution in [0.25, 0.3) is 0 Å². The average molecular weight is 485 g/mol. The van der Waals surface area contributed by atoms with Crippen molar-refractivity contribution in [2.24, 2.45) is 0 Å². The van der Waals surface area contributed by atoms with Crippen LogP contribution in [-0.2, 0) is 0 Å². The van der Waals surface area contributed by atoms with Gasteiger partial charge >= 0.3 is 0 Å². The molecule has 0 aliphatic rings. The molecule has 0 unspecified atom stereocenters. The van der Waals surface area contributed by atoms with E-state index >= 15 is 0 Å². The molecule has 0 aromatic carbocycles. The molecule has 3 heteroatoms. The Kier molecular flexibility index (Phi) is 22.2. The first kappa shape index (κ1) is 32.4. The minimum Gasteiger partial charge on any atom is -0.328 e. The van der Waals surface area contributed by atoms with Gasteiger partial charge in [0.2, 0.25) is 0 Å². The normalized spacial score (nSPS) is 12.9. The third-order valence-electron chi connectivity index (χ3n) is 8.59. The predicted octanol–water partition coefficient (Wildman–Crippen LogP) is 9.31. The molecule has 0 rings (SSSR count). The fraction of sp³-hybridized carbons (Fsp3) is 1.00. The van der Waals surface area contributed by atoms with E-state index in [9.17, 15) is 0 Å². The van der Waals surface area contributed by atoms with Crippen LogP contribution in [0.2, 0.25) is 24.2 Å². The molecule has 32 heavy (non-hydrogen) atoms. The summed E-state index contributed by atoms with van der Waals surface area (Å²) in [5.41, 5.74) is 0. The van der Waals surface area contributed by atoms with Crippen LogP contribution >= 0.6 is 0 Å². The number of hydrogen-bond donors (Lipinski definition) is 0. The molecule has 0 amide bonds. The van der Waals surface area contributed by atoms with E-state index in [1.165, 1.54) is 127 Å². The quantitative estimate of drug-likeness (QED) is 0.0687. The standard InChI is InChI=1S/C29H66NSi2/c1-7-11-12-13-14-15-16-17-18-19-20-21-22-23-24-25-27-30(5,6)28-26-29-31-32(8-2,9-3)10-4/h7-29,31H2,1-6H3/q+1. The molecule has 0 saturated carbocycles. The van der Waals surface area contributed by atoms with Crippen molar-refractivity contribution in [3.8, 4) is 0 Å². The van der Waals surface area contributed by atoms with E-state index in [1.54, 1.807) is 24.2 Å². The first-order valence-electron chi connectivity index (χ1n) is 15.3. The highest BCUT2D eigenvalue weighted by Crippen LogP contribution is 2.21. The molecule has 0 spiro atoms. The lowest BCUT2D eigenvalue weighted by Gasteiger charge is -2.31. The van der Waals surface area contributed by atoms with Crippen molar-refractivity contribution in [1.82, 2.24) is 0 Å². The van der Waals surface area contributed by atoms with Crippen molar-refractivity contribution in [1.29, 1.82) is 0 Å². The Morgan fingerprint density at radius 3 is 1.19 bits per heavy atom. The molecule has 0 saturated heterocycles. The largest absolute Gasteiger partial charge is 0.328 e. The van der Waals surface area contributed by atoms with Crippen molar-refractivity contribution in [3.63, 3.8) is 0 Å². The second-order valence-corrected chi connectivity index (χ2v) is 24.0. The summed E-state index contributed by atoms with van der Waals surface area (Å²) in [6.07, 6.45) is 25.0. The van der Waals surface area contributed by atoms with Crippen LogP contribution in [0.4, 0.5) is 0 Å². The van der Waals surface area contributed by atoms with Crippen LogP contribution in [0.1, 0.15) is 137 Å². The average Bonchev–Trinajstić information content (AvgIpc) is 2.79. The molecule has 0 bridgehead atoms. The summed E-state index contributed by atoms with van der Waals surface area (Å²) in [6.45, 7) is 12.6. The Bertz CT molecular complexity index is 371. The molecule has 0 radical (unpaired) electrons. The van der Waals surface area contributed by atoms with Crippen molar-refractivity contribution >= 4 is 16.6 Å². The van der Waals surface area contributed by atoms with E-state index in [2.05, 4.69) is 41.8 Å². The lowest BCUT2D eigenvalue weighted by Crippen LogP contribution is -2.43. The zero-order valence-electron chi connectivity index (χ0n) is 23.9. The van der Waals surface area contributed by atoms with Gasteiger partial charge in [-0.1, -0.05) is 142 Å². The van der Waals surface area contributed by atoms with Crippen molar-refractivity contribution in [2.45, 2.75) is 161 Å². The first-order valence-corrected chi connectivity index (χ1v) is 21.2. The molecule has 194 valence electrons. The van der Waals surface area contributed by atoms with Gasteiger partial charge in [0, 0.05) is 16.6 Å². The highest BCUT2D eigenvalue weighted by molar-refractivity contribution is 7.24. The number of unbranched alkanes of at least 4 members (excludes halogenated alkanes) is 15. The third kappa shape index (κ3) is 18.8. The van der Waals surface area contributed by atoms with E-state index in [4.69, 9.17) is 0 Å². The maximum Gasteiger partial charge on any atom is 0.0782 e. The van der Waals surface area contributed by atoms with Crippen molar-refractivity contribution < 1.29 is 4.48 Å². The van der Waals surface area contributed by atoms with E-state index in [0.717, 1.165) is 0 Å². The van der Waals surface area contributed by atoms with Crippen molar-refractivity contribution in [3.05, 3.63) is 0 Å². The highest BCUT2D eigenvalue weighted by atomic mass is 29.2. The summed E-state index contributed by atoms with van der Waals surface area (Å²) in [7, 11) is 4.45. The Balaban J connectivity index is 3.46. The Labute approximate surface area is 209 Å². The fourth-order valence-electron chi connectivity index (χ4n) is 5.52. The Hall–Kier alpha value is 0.394. The minimum absolute atomic E-state index is 0.230. The maximum absolute atomic E-state index is 2.49. The van der Waals surface area contributed by atoms with Gasteiger partial charge in [0.25, 0.3) is 0 Å². The molecule has 0 heterocycles. The monoisotopic (exact) mass is 484 g/mol. The number of hydrogen-bond acceptors (Lipinski definition) is 0. The molecule has 0 atom stereocenters. The zero-order valence-corrected chi connectivity index (χ0v) is 26.3. The summed E-state index contributed by atoms with van der Waals surface area (Å²) in [5.74, 6) is 0. The topological polar surface area (TPSA) is 0 Å². The van der Waals surface area contributed by atoms with Gasteiger partial charge in [-0.25, -0.2) is 0 Å². The molecule has 0 fully saturated rings. The number of quaternary nitrogens is 1. The van der Waals surface area contributed by atoms with Gasteiger partial charge in [0.05, 0.1) is 27.2 Å². The van der Waals surface area contributed by atoms with Gasteiger partial charge in [0.15, 0.2) is 0 Å². The van der Waals surface area contributed by atoms with Crippen LogP contribution in [-0.4, -0.2) is 48.3 Å². The molecule has 1 nitrogen and oxygen atoms in total. The molecular weight excluding hydrogens is 418 g/mol. The van der Waals surface area contributed by atoms with Gasteiger partial charge in [0.1, 0.15) is 0 Å². The van der Waals surface area contributed by atoms with Gasteiger partial charge in [-0.2, -0.15) is 0 Å². The van der Waals surface area contributed by atoms with E-state index in [0.29, 0.717) is 0 Å². The molecule has 0 aliphatic heterocycles. The van der Waals surface area contributed by atoms with Crippen LogP contribution in [0.15, 0.2) is 0 Å². The molecular formula is C29H66NSi2+. The highest BCUT2D eigenvalue weighted by Gasteiger charge is 2.26. The second kappa shape index (κ2) is 21.9.